The first kappa shape index (κ1) is 9.71. The van der Waals surface area contributed by atoms with Crippen LogP contribution in [-0.2, 0) is 13.0 Å². The molecule has 2 rings (SSSR count). The predicted octanol–water partition coefficient (Wildman–Crippen LogP) is 1.59. The highest BCUT2D eigenvalue weighted by Gasteiger charge is 2.13. The van der Waals surface area contributed by atoms with Crippen molar-refractivity contribution >= 4 is 0 Å². The lowest BCUT2D eigenvalue weighted by Gasteiger charge is -2.11. The van der Waals surface area contributed by atoms with Crippen LogP contribution in [0.5, 0.6) is 0 Å². The Kier molecular flexibility index (Phi) is 3.19. The Labute approximate surface area is 85.5 Å². The second-order valence-electron chi connectivity index (χ2n) is 4.01. The fraction of sp³-hybridized carbons (Fsp3) is 0.727. The van der Waals surface area contributed by atoms with Crippen LogP contribution in [0.15, 0.2) is 12.5 Å². The first-order valence-corrected chi connectivity index (χ1v) is 5.62. The molecule has 0 saturated carbocycles. The van der Waals surface area contributed by atoms with Gasteiger partial charge in [0.25, 0.3) is 0 Å². The lowest BCUT2D eigenvalue weighted by molar-refractivity contribution is 0.498. The van der Waals surface area contributed by atoms with E-state index in [9.17, 15) is 0 Å². The summed E-state index contributed by atoms with van der Waals surface area (Å²) >= 11 is 0. The van der Waals surface area contributed by atoms with Crippen LogP contribution in [0, 0.1) is 0 Å². The highest BCUT2D eigenvalue weighted by molar-refractivity contribution is 4.97. The molecule has 14 heavy (non-hydrogen) atoms. The Balaban J connectivity index is 1.84. The van der Waals surface area contributed by atoms with Crippen LogP contribution in [0.1, 0.15) is 31.9 Å². The van der Waals surface area contributed by atoms with Crippen molar-refractivity contribution < 1.29 is 0 Å². The first-order valence-electron chi connectivity index (χ1n) is 5.62. The zero-order valence-electron chi connectivity index (χ0n) is 8.87. The van der Waals surface area contributed by atoms with Crippen molar-refractivity contribution in [3.63, 3.8) is 0 Å². The molecule has 0 aromatic carbocycles. The lowest BCUT2D eigenvalue weighted by atomic mass is 10.1. The van der Waals surface area contributed by atoms with Gasteiger partial charge in [0.2, 0.25) is 0 Å². The second kappa shape index (κ2) is 4.60. The number of nitrogens with one attached hydrogen (secondary N) is 1. The molecule has 0 radical (unpaired) electrons. The Hall–Kier alpha value is -0.830. The average Bonchev–Trinajstić information content (AvgIpc) is 2.85. The van der Waals surface area contributed by atoms with Gasteiger partial charge in [-0.05, 0) is 32.2 Å². The zero-order chi connectivity index (χ0) is 9.80. The smallest absolute Gasteiger partial charge is 0.0948 e. The molecule has 3 heteroatoms. The summed E-state index contributed by atoms with van der Waals surface area (Å²) in [5, 5.41) is 3.52. The maximum absolute atomic E-state index is 4.18. The highest BCUT2D eigenvalue weighted by Crippen LogP contribution is 2.11. The van der Waals surface area contributed by atoms with Crippen molar-refractivity contribution in [2.45, 2.75) is 45.2 Å². The van der Waals surface area contributed by atoms with Crippen LogP contribution < -0.4 is 5.32 Å². The van der Waals surface area contributed by atoms with E-state index >= 15 is 0 Å². The number of nitrogens with zero attached hydrogens (tertiary/aromatic N) is 2. The van der Waals surface area contributed by atoms with Crippen molar-refractivity contribution in [1.82, 2.24) is 14.9 Å². The SMILES string of the molecule is CCc1cncn1CCC1CCCN1. The molecule has 78 valence electrons. The largest absolute Gasteiger partial charge is 0.335 e. The summed E-state index contributed by atoms with van der Waals surface area (Å²) in [4.78, 5) is 4.18. The highest BCUT2D eigenvalue weighted by atomic mass is 15.0. The van der Waals surface area contributed by atoms with Gasteiger partial charge in [-0.2, -0.15) is 0 Å². The van der Waals surface area contributed by atoms with E-state index in [1.165, 1.54) is 31.5 Å². The minimum atomic E-state index is 0.738. The van der Waals surface area contributed by atoms with Gasteiger partial charge in [0.05, 0.1) is 6.33 Å². The van der Waals surface area contributed by atoms with Crippen LogP contribution in [0.25, 0.3) is 0 Å². The van der Waals surface area contributed by atoms with Crippen molar-refractivity contribution in [2.24, 2.45) is 0 Å². The molecule has 1 aromatic heterocycles. The minimum absolute atomic E-state index is 0.738. The van der Waals surface area contributed by atoms with Gasteiger partial charge in [-0.15, -0.1) is 0 Å². The summed E-state index contributed by atoms with van der Waals surface area (Å²) in [6.45, 7) is 4.50. The van der Waals surface area contributed by atoms with E-state index in [-0.39, 0.29) is 0 Å². The molecule has 0 amide bonds. The third kappa shape index (κ3) is 2.15. The molecule has 1 unspecified atom stereocenters. The van der Waals surface area contributed by atoms with Gasteiger partial charge in [-0.1, -0.05) is 6.92 Å². The Bertz CT molecular complexity index is 274. The van der Waals surface area contributed by atoms with Crippen LogP contribution >= 0.6 is 0 Å². The Morgan fingerprint density at radius 1 is 1.64 bits per heavy atom. The van der Waals surface area contributed by atoms with E-state index in [2.05, 4.69) is 21.8 Å². The number of rotatable bonds is 4. The fourth-order valence-corrected chi connectivity index (χ4v) is 2.14. The number of imidazole rings is 1. The minimum Gasteiger partial charge on any atom is -0.335 e. The van der Waals surface area contributed by atoms with E-state index in [4.69, 9.17) is 0 Å². The summed E-state index contributed by atoms with van der Waals surface area (Å²) in [5.41, 5.74) is 1.35. The summed E-state index contributed by atoms with van der Waals surface area (Å²) in [6.07, 6.45) is 8.93. The van der Waals surface area contributed by atoms with Crippen molar-refractivity contribution in [1.29, 1.82) is 0 Å². The summed E-state index contributed by atoms with van der Waals surface area (Å²) in [5.74, 6) is 0. The molecule has 3 nitrogen and oxygen atoms in total. The molecule has 1 aliphatic heterocycles. The number of aryl methyl sites for hydroxylation is 2. The van der Waals surface area contributed by atoms with Gasteiger partial charge in [-0.25, -0.2) is 4.98 Å². The summed E-state index contributed by atoms with van der Waals surface area (Å²) in [6, 6.07) is 0.738. The predicted molar refractivity (Wildman–Crippen MR) is 57.2 cm³/mol. The lowest BCUT2D eigenvalue weighted by Crippen LogP contribution is -2.23. The second-order valence-corrected chi connectivity index (χ2v) is 4.01. The van der Waals surface area contributed by atoms with Crippen molar-refractivity contribution in [2.75, 3.05) is 6.54 Å². The van der Waals surface area contributed by atoms with Crippen LogP contribution in [-0.4, -0.2) is 22.1 Å². The number of aromatic nitrogens is 2. The van der Waals surface area contributed by atoms with Crippen molar-refractivity contribution in [3.8, 4) is 0 Å². The van der Waals surface area contributed by atoms with E-state index in [0.717, 1.165) is 19.0 Å². The summed E-state index contributed by atoms with van der Waals surface area (Å²) in [7, 11) is 0. The molecule has 1 saturated heterocycles. The average molecular weight is 193 g/mol. The third-order valence-corrected chi connectivity index (χ3v) is 3.04. The molecule has 1 aromatic rings. The molecular formula is C11H19N3. The number of hydrogen-bond donors (Lipinski definition) is 1. The molecule has 0 bridgehead atoms. The topological polar surface area (TPSA) is 29.9 Å². The van der Waals surface area contributed by atoms with Gasteiger partial charge in [0.15, 0.2) is 0 Å². The molecule has 0 aliphatic carbocycles. The van der Waals surface area contributed by atoms with Crippen molar-refractivity contribution in [3.05, 3.63) is 18.2 Å². The fourth-order valence-electron chi connectivity index (χ4n) is 2.14. The molecule has 1 aliphatic rings. The molecule has 0 spiro atoms. The van der Waals surface area contributed by atoms with Crippen LogP contribution in [0.4, 0.5) is 0 Å². The van der Waals surface area contributed by atoms with Crippen LogP contribution in [0.2, 0.25) is 0 Å². The van der Waals surface area contributed by atoms with Gasteiger partial charge >= 0.3 is 0 Å². The van der Waals surface area contributed by atoms with E-state index in [1.807, 2.05) is 12.5 Å². The maximum atomic E-state index is 4.18. The first-order chi connectivity index (χ1) is 6.90. The van der Waals surface area contributed by atoms with Gasteiger partial charge < -0.3 is 9.88 Å². The van der Waals surface area contributed by atoms with Gasteiger partial charge in [0.1, 0.15) is 0 Å². The normalized spacial score (nSPS) is 21.6. The van der Waals surface area contributed by atoms with E-state index in [1.54, 1.807) is 0 Å². The third-order valence-electron chi connectivity index (χ3n) is 3.04. The van der Waals surface area contributed by atoms with E-state index < -0.39 is 0 Å². The quantitative estimate of drug-likeness (QED) is 0.787. The van der Waals surface area contributed by atoms with Crippen LogP contribution in [0.3, 0.4) is 0 Å². The van der Waals surface area contributed by atoms with E-state index in [0.29, 0.717) is 0 Å². The molecule has 1 fully saturated rings. The van der Waals surface area contributed by atoms with Gasteiger partial charge in [-0.3, -0.25) is 0 Å². The Morgan fingerprint density at radius 2 is 2.57 bits per heavy atom. The maximum Gasteiger partial charge on any atom is 0.0948 e. The number of hydrogen-bond acceptors (Lipinski definition) is 2. The zero-order valence-corrected chi connectivity index (χ0v) is 8.87. The van der Waals surface area contributed by atoms with Gasteiger partial charge in [0, 0.05) is 24.5 Å². The molecular weight excluding hydrogens is 174 g/mol. The summed E-state index contributed by atoms with van der Waals surface area (Å²) < 4.78 is 2.28. The molecule has 2 heterocycles. The standard InChI is InChI=1S/C11H19N3/c1-2-11-8-12-9-14(11)7-5-10-4-3-6-13-10/h8-10,13H,2-7H2,1H3. The monoisotopic (exact) mass is 193 g/mol. The Morgan fingerprint density at radius 3 is 3.29 bits per heavy atom. The molecule has 1 atom stereocenters. The molecule has 1 N–H and O–H groups in total.